The Balaban J connectivity index is 1.80. The van der Waals surface area contributed by atoms with Crippen LogP contribution in [0.4, 0.5) is 0 Å². The number of hydrogen-bond donors (Lipinski definition) is 2. The number of aromatic nitrogens is 1. The second-order valence-corrected chi connectivity index (χ2v) is 6.25. The van der Waals surface area contributed by atoms with E-state index < -0.39 is 5.97 Å². The zero-order chi connectivity index (χ0) is 16.7. The number of unbranched alkanes of at least 4 members (excludes halogenated alkanes) is 1. The number of benzene rings is 1. The molecule has 2 aromatic rings. The van der Waals surface area contributed by atoms with Crippen molar-refractivity contribution in [1.29, 1.82) is 0 Å². The first kappa shape index (κ1) is 17.1. The number of carboxylic acid groups (broad SMARTS) is 1. The van der Waals surface area contributed by atoms with Gasteiger partial charge in [0.15, 0.2) is 5.69 Å². The van der Waals surface area contributed by atoms with Crippen LogP contribution in [0.5, 0.6) is 0 Å². The minimum atomic E-state index is -1.05. The van der Waals surface area contributed by atoms with Crippen molar-refractivity contribution in [2.45, 2.75) is 39.2 Å². The zero-order valence-corrected chi connectivity index (χ0v) is 13.9. The number of thiazole rings is 1. The first-order valence-corrected chi connectivity index (χ1v) is 8.48. The number of carboxylic acids is 1. The third kappa shape index (κ3) is 5.49. The Bertz CT molecular complexity index is 665. The SMILES string of the molecule is CCCCc1ccc(CC(=O)NCc2nc(C(=O)O)cs2)cc1. The van der Waals surface area contributed by atoms with Gasteiger partial charge in [-0.15, -0.1) is 11.3 Å². The fraction of sp³-hybridized carbons (Fsp3) is 0.353. The maximum absolute atomic E-state index is 11.9. The molecule has 0 unspecified atom stereocenters. The van der Waals surface area contributed by atoms with Crippen molar-refractivity contribution in [3.8, 4) is 0 Å². The zero-order valence-electron chi connectivity index (χ0n) is 13.0. The van der Waals surface area contributed by atoms with Crippen molar-refractivity contribution in [2.75, 3.05) is 0 Å². The summed E-state index contributed by atoms with van der Waals surface area (Å²) in [4.78, 5) is 26.6. The highest BCUT2D eigenvalue weighted by molar-refractivity contribution is 7.09. The van der Waals surface area contributed by atoms with Gasteiger partial charge in [-0.3, -0.25) is 4.79 Å². The molecule has 122 valence electrons. The fourth-order valence-electron chi connectivity index (χ4n) is 2.12. The van der Waals surface area contributed by atoms with E-state index >= 15 is 0 Å². The summed E-state index contributed by atoms with van der Waals surface area (Å²) >= 11 is 1.23. The Morgan fingerprint density at radius 1 is 1.22 bits per heavy atom. The number of hydrogen-bond acceptors (Lipinski definition) is 4. The molecule has 0 aliphatic heterocycles. The van der Waals surface area contributed by atoms with Crippen molar-refractivity contribution in [1.82, 2.24) is 10.3 Å². The quantitative estimate of drug-likeness (QED) is 0.779. The topological polar surface area (TPSA) is 79.3 Å². The molecule has 1 aromatic carbocycles. The number of rotatable bonds is 8. The maximum atomic E-state index is 11.9. The van der Waals surface area contributed by atoms with E-state index in [0.29, 0.717) is 11.4 Å². The van der Waals surface area contributed by atoms with Crippen LogP contribution in [0.15, 0.2) is 29.6 Å². The molecule has 0 aliphatic rings. The van der Waals surface area contributed by atoms with Crippen LogP contribution in [0, 0.1) is 0 Å². The van der Waals surface area contributed by atoms with E-state index in [2.05, 4.69) is 29.4 Å². The van der Waals surface area contributed by atoms with Gasteiger partial charge in [0.2, 0.25) is 5.91 Å². The molecule has 0 aliphatic carbocycles. The molecule has 0 saturated heterocycles. The summed E-state index contributed by atoms with van der Waals surface area (Å²) in [6, 6.07) is 8.10. The maximum Gasteiger partial charge on any atom is 0.355 e. The Hall–Kier alpha value is -2.21. The molecule has 0 saturated carbocycles. The fourth-order valence-corrected chi connectivity index (χ4v) is 2.82. The highest BCUT2D eigenvalue weighted by Crippen LogP contribution is 2.10. The van der Waals surface area contributed by atoms with Crippen LogP contribution in [0.2, 0.25) is 0 Å². The standard InChI is InChI=1S/C17H20N2O3S/c1-2-3-4-12-5-7-13(8-6-12)9-15(20)18-10-16-19-14(11-23-16)17(21)22/h5-8,11H,2-4,9-10H2,1H3,(H,18,20)(H,21,22). The van der Waals surface area contributed by atoms with Crippen molar-refractivity contribution >= 4 is 23.2 Å². The monoisotopic (exact) mass is 332 g/mol. The lowest BCUT2D eigenvalue weighted by Gasteiger charge is -2.05. The van der Waals surface area contributed by atoms with Crippen molar-refractivity contribution in [2.24, 2.45) is 0 Å². The molecular weight excluding hydrogens is 312 g/mol. The Morgan fingerprint density at radius 2 is 1.91 bits per heavy atom. The van der Waals surface area contributed by atoms with Gasteiger partial charge in [0.1, 0.15) is 5.01 Å². The van der Waals surface area contributed by atoms with Gasteiger partial charge >= 0.3 is 5.97 Å². The number of nitrogens with zero attached hydrogens (tertiary/aromatic N) is 1. The van der Waals surface area contributed by atoms with Gasteiger partial charge < -0.3 is 10.4 Å². The van der Waals surface area contributed by atoms with Crippen LogP contribution < -0.4 is 5.32 Å². The molecule has 1 aromatic heterocycles. The predicted octanol–water partition coefficient (Wildman–Crippen LogP) is 3.04. The van der Waals surface area contributed by atoms with Crippen LogP contribution in [0.1, 0.15) is 46.4 Å². The third-order valence-electron chi connectivity index (χ3n) is 3.41. The molecule has 0 spiro atoms. The molecule has 2 N–H and O–H groups in total. The first-order valence-electron chi connectivity index (χ1n) is 7.60. The Kier molecular flexibility index (Phi) is 6.29. The molecule has 0 atom stereocenters. The van der Waals surface area contributed by atoms with Crippen molar-refractivity contribution in [3.63, 3.8) is 0 Å². The van der Waals surface area contributed by atoms with Crippen LogP contribution in [0.25, 0.3) is 0 Å². The minimum Gasteiger partial charge on any atom is -0.476 e. The first-order chi connectivity index (χ1) is 11.1. The molecule has 2 rings (SSSR count). The lowest BCUT2D eigenvalue weighted by molar-refractivity contribution is -0.120. The average molecular weight is 332 g/mol. The molecule has 0 radical (unpaired) electrons. The van der Waals surface area contributed by atoms with Gasteiger partial charge in [-0.05, 0) is 24.0 Å². The average Bonchev–Trinajstić information content (AvgIpc) is 3.01. The summed E-state index contributed by atoms with van der Waals surface area (Å²) in [5.74, 6) is -1.15. The summed E-state index contributed by atoms with van der Waals surface area (Å²) in [5.41, 5.74) is 2.27. The molecule has 23 heavy (non-hydrogen) atoms. The smallest absolute Gasteiger partial charge is 0.355 e. The highest BCUT2D eigenvalue weighted by Gasteiger charge is 2.10. The number of aryl methyl sites for hydroxylation is 1. The van der Waals surface area contributed by atoms with E-state index in [1.807, 2.05) is 12.1 Å². The summed E-state index contributed by atoms with van der Waals surface area (Å²) < 4.78 is 0. The van der Waals surface area contributed by atoms with Crippen LogP contribution >= 0.6 is 11.3 Å². The molecule has 0 fully saturated rings. The predicted molar refractivity (Wildman–Crippen MR) is 89.7 cm³/mol. The second kappa shape index (κ2) is 8.43. The number of amides is 1. The van der Waals surface area contributed by atoms with Crippen molar-refractivity contribution < 1.29 is 14.7 Å². The third-order valence-corrected chi connectivity index (χ3v) is 4.26. The van der Waals surface area contributed by atoms with Crippen molar-refractivity contribution in [3.05, 3.63) is 51.5 Å². The summed E-state index contributed by atoms with van der Waals surface area (Å²) in [6.45, 7) is 2.42. The van der Waals surface area contributed by atoms with E-state index in [1.54, 1.807) is 0 Å². The lowest BCUT2D eigenvalue weighted by Crippen LogP contribution is -2.24. The molecular formula is C17H20N2O3S. The second-order valence-electron chi connectivity index (χ2n) is 5.31. The van der Waals surface area contributed by atoms with Crippen LogP contribution in [-0.2, 0) is 24.2 Å². The van der Waals surface area contributed by atoms with E-state index in [-0.39, 0.29) is 18.1 Å². The minimum absolute atomic E-state index is 0.0157. The van der Waals surface area contributed by atoms with Crippen LogP contribution in [-0.4, -0.2) is 22.0 Å². The van der Waals surface area contributed by atoms with Gasteiger partial charge in [0.05, 0.1) is 13.0 Å². The molecule has 5 nitrogen and oxygen atoms in total. The molecule has 1 heterocycles. The number of aromatic carboxylic acids is 1. The lowest BCUT2D eigenvalue weighted by atomic mass is 10.0. The van der Waals surface area contributed by atoms with E-state index in [1.165, 1.54) is 35.1 Å². The van der Waals surface area contributed by atoms with Gasteiger partial charge in [0, 0.05) is 5.38 Å². The normalized spacial score (nSPS) is 10.5. The van der Waals surface area contributed by atoms with Gasteiger partial charge in [-0.25, -0.2) is 9.78 Å². The van der Waals surface area contributed by atoms with E-state index in [4.69, 9.17) is 5.11 Å². The summed E-state index contributed by atoms with van der Waals surface area (Å²) in [7, 11) is 0. The molecule has 1 amide bonds. The number of carbonyl (C=O) groups is 2. The van der Waals surface area contributed by atoms with Gasteiger partial charge in [0.25, 0.3) is 0 Å². The summed E-state index contributed by atoms with van der Waals surface area (Å²) in [6.07, 6.45) is 3.72. The van der Waals surface area contributed by atoms with Crippen LogP contribution in [0.3, 0.4) is 0 Å². The van der Waals surface area contributed by atoms with Gasteiger partial charge in [-0.1, -0.05) is 37.6 Å². The Labute approximate surface area is 139 Å². The number of carbonyl (C=O) groups excluding carboxylic acids is 1. The number of nitrogens with one attached hydrogen (secondary N) is 1. The molecule has 6 heteroatoms. The van der Waals surface area contributed by atoms with E-state index in [9.17, 15) is 9.59 Å². The molecule has 0 bridgehead atoms. The van der Waals surface area contributed by atoms with E-state index in [0.717, 1.165) is 12.0 Å². The largest absolute Gasteiger partial charge is 0.476 e. The van der Waals surface area contributed by atoms with Gasteiger partial charge in [-0.2, -0.15) is 0 Å². The highest BCUT2D eigenvalue weighted by atomic mass is 32.1. The Morgan fingerprint density at radius 3 is 2.52 bits per heavy atom. The summed E-state index contributed by atoms with van der Waals surface area (Å²) in [5, 5.41) is 13.6.